The second-order valence-electron chi connectivity index (χ2n) is 1.90. The molecule has 0 fully saturated rings. The molecule has 0 amide bonds. The van der Waals surface area contributed by atoms with Gasteiger partial charge < -0.3 is 14.8 Å². The lowest BCUT2D eigenvalue weighted by Gasteiger charge is -1.97. The van der Waals surface area contributed by atoms with Gasteiger partial charge in [-0.2, -0.15) is 0 Å². The molecule has 0 aliphatic carbocycles. The lowest BCUT2D eigenvalue weighted by molar-refractivity contribution is -0.0280. The zero-order valence-electron chi connectivity index (χ0n) is 6.87. The van der Waals surface area contributed by atoms with Crippen molar-refractivity contribution in [2.45, 2.75) is 13.8 Å². The summed E-state index contributed by atoms with van der Waals surface area (Å²) in [5, 5.41) is 14.8. The Morgan fingerprint density at radius 3 is 2.45 bits per heavy atom. The van der Waals surface area contributed by atoms with Gasteiger partial charge in [0, 0.05) is 7.11 Å². The molecular weight excluding hydrogens is 148 g/mol. The highest BCUT2D eigenvalue weighted by atomic mass is 16.7. The predicted octanol–water partition coefficient (Wildman–Crippen LogP) is 0.833. The van der Waals surface area contributed by atoms with E-state index in [2.05, 4.69) is 19.9 Å². The lowest BCUT2D eigenvalue weighted by Crippen LogP contribution is -2.06. The van der Waals surface area contributed by atoms with Crippen LogP contribution in [0, 0.1) is 0 Å². The summed E-state index contributed by atoms with van der Waals surface area (Å²) >= 11 is 0. The quantitative estimate of drug-likeness (QED) is 0.218. The minimum Gasteiger partial charge on any atom is -0.411 e. The fourth-order valence-corrected chi connectivity index (χ4v) is 0.314. The Labute approximate surface area is 65.3 Å². The molecule has 0 saturated carbocycles. The number of nitrogens with zero attached hydrogens (tertiary/aromatic N) is 2. The highest BCUT2D eigenvalue weighted by Gasteiger charge is 1.95. The maximum absolute atomic E-state index is 8.28. The molecule has 1 N–H and O–H groups in total. The maximum atomic E-state index is 8.28. The molecular formula is C6H12N2O3. The lowest BCUT2D eigenvalue weighted by atomic mass is 10.3. The topological polar surface area (TPSA) is 63.4 Å². The van der Waals surface area contributed by atoms with E-state index in [4.69, 9.17) is 5.21 Å². The smallest absolute Gasteiger partial charge is 0.216 e. The standard InChI is InChI=1S/C6H12N2O3/c1-5(7-9)6(2)8-11-4-10-3/h9H,4H2,1-3H3. The summed E-state index contributed by atoms with van der Waals surface area (Å²) in [7, 11) is 1.50. The molecule has 0 heterocycles. The van der Waals surface area contributed by atoms with E-state index in [1.165, 1.54) is 7.11 Å². The predicted molar refractivity (Wildman–Crippen MR) is 41.0 cm³/mol. The van der Waals surface area contributed by atoms with Gasteiger partial charge in [-0.25, -0.2) is 0 Å². The van der Waals surface area contributed by atoms with E-state index in [1.54, 1.807) is 13.8 Å². The Bertz CT molecular complexity index is 165. The Kier molecular flexibility index (Phi) is 5.10. The van der Waals surface area contributed by atoms with Crippen molar-refractivity contribution >= 4 is 11.4 Å². The Morgan fingerprint density at radius 1 is 1.36 bits per heavy atom. The van der Waals surface area contributed by atoms with E-state index in [1.807, 2.05) is 0 Å². The van der Waals surface area contributed by atoms with Crippen LogP contribution in [-0.4, -0.2) is 30.5 Å². The van der Waals surface area contributed by atoms with Crippen LogP contribution in [0.3, 0.4) is 0 Å². The van der Waals surface area contributed by atoms with Gasteiger partial charge in [-0.05, 0) is 13.8 Å². The van der Waals surface area contributed by atoms with Crippen LogP contribution in [0.15, 0.2) is 10.3 Å². The minimum atomic E-state index is 0.0933. The molecule has 0 aliphatic rings. The Hall–Kier alpha value is -1.10. The first-order valence-corrected chi connectivity index (χ1v) is 3.07. The van der Waals surface area contributed by atoms with Crippen molar-refractivity contribution in [2.24, 2.45) is 10.3 Å². The first kappa shape index (κ1) is 9.90. The molecule has 0 radical (unpaired) electrons. The molecule has 0 aliphatic heterocycles. The Morgan fingerprint density at radius 2 is 2.00 bits per heavy atom. The van der Waals surface area contributed by atoms with Gasteiger partial charge in [-0.1, -0.05) is 10.3 Å². The highest BCUT2D eigenvalue weighted by Crippen LogP contribution is 1.85. The van der Waals surface area contributed by atoms with Crippen molar-refractivity contribution < 1.29 is 14.8 Å². The summed E-state index contributed by atoms with van der Waals surface area (Å²) in [6, 6.07) is 0. The molecule has 5 nitrogen and oxygen atoms in total. The number of oxime groups is 2. The average Bonchev–Trinajstić information content (AvgIpc) is 2.03. The van der Waals surface area contributed by atoms with Crippen LogP contribution in [0.1, 0.15) is 13.8 Å². The summed E-state index contributed by atoms with van der Waals surface area (Å²) in [6.45, 7) is 3.38. The van der Waals surface area contributed by atoms with Gasteiger partial charge >= 0.3 is 0 Å². The van der Waals surface area contributed by atoms with Crippen LogP contribution in [0.2, 0.25) is 0 Å². The van der Waals surface area contributed by atoms with Crippen molar-refractivity contribution in [3.8, 4) is 0 Å². The zero-order valence-corrected chi connectivity index (χ0v) is 6.87. The van der Waals surface area contributed by atoms with Gasteiger partial charge in [-0.15, -0.1) is 0 Å². The van der Waals surface area contributed by atoms with Crippen LogP contribution in [0.4, 0.5) is 0 Å². The molecule has 0 saturated heterocycles. The summed E-state index contributed by atoms with van der Waals surface area (Å²) in [5.74, 6) is 0. The van der Waals surface area contributed by atoms with Crippen LogP contribution in [0.25, 0.3) is 0 Å². The van der Waals surface area contributed by atoms with E-state index in [-0.39, 0.29) is 6.79 Å². The van der Waals surface area contributed by atoms with Crippen molar-refractivity contribution in [1.29, 1.82) is 0 Å². The minimum absolute atomic E-state index is 0.0933. The highest BCUT2D eigenvalue weighted by molar-refractivity contribution is 6.40. The summed E-state index contributed by atoms with van der Waals surface area (Å²) < 4.78 is 4.57. The number of hydrogen-bond acceptors (Lipinski definition) is 5. The van der Waals surface area contributed by atoms with E-state index < -0.39 is 0 Å². The van der Waals surface area contributed by atoms with E-state index >= 15 is 0 Å². The van der Waals surface area contributed by atoms with Gasteiger partial charge in [0.05, 0.1) is 0 Å². The number of rotatable bonds is 4. The van der Waals surface area contributed by atoms with Gasteiger partial charge in [0.1, 0.15) is 11.4 Å². The summed E-state index contributed by atoms with van der Waals surface area (Å²) in [6.07, 6.45) is 0. The molecule has 0 rings (SSSR count). The van der Waals surface area contributed by atoms with Crippen molar-refractivity contribution in [2.75, 3.05) is 13.9 Å². The van der Waals surface area contributed by atoms with Gasteiger partial charge in [-0.3, -0.25) is 0 Å². The molecule has 0 unspecified atom stereocenters. The summed E-state index contributed by atoms with van der Waals surface area (Å²) in [5.41, 5.74) is 0.936. The second kappa shape index (κ2) is 5.67. The van der Waals surface area contributed by atoms with Crippen molar-refractivity contribution in [3.63, 3.8) is 0 Å². The van der Waals surface area contributed by atoms with Crippen molar-refractivity contribution in [1.82, 2.24) is 0 Å². The molecule has 0 aromatic carbocycles. The summed E-state index contributed by atoms with van der Waals surface area (Å²) in [4.78, 5) is 4.64. The average molecular weight is 160 g/mol. The van der Waals surface area contributed by atoms with Crippen molar-refractivity contribution in [3.05, 3.63) is 0 Å². The van der Waals surface area contributed by atoms with Crippen LogP contribution in [0.5, 0.6) is 0 Å². The molecule has 11 heavy (non-hydrogen) atoms. The van der Waals surface area contributed by atoms with Crippen LogP contribution in [-0.2, 0) is 9.57 Å². The maximum Gasteiger partial charge on any atom is 0.216 e. The number of ether oxygens (including phenoxy) is 1. The molecule has 64 valence electrons. The monoisotopic (exact) mass is 160 g/mol. The Balaban J connectivity index is 3.81. The fourth-order valence-electron chi connectivity index (χ4n) is 0.314. The molecule has 0 spiro atoms. The van der Waals surface area contributed by atoms with E-state index in [9.17, 15) is 0 Å². The molecule has 5 heteroatoms. The van der Waals surface area contributed by atoms with Crippen LogP contribution < -0.4 is 0 Å². The van der Waals surface area contributed by atoms with Gasteiger partial charge in [0.15, 0.2) is 0 Å². The second-order valence-corrected chi connectivity index (χ2v) is 1.90. The SMILES string of the molecule is COCON=C(C)C(C)=NO. The third-order valence-electron chi connectivity index (χ3n) is 1.05. The molecule has 0 aromatic rings. The molecule has 0 bridgehead atoms. The van der Waals surface area contributed by atoms with Gasteiger partial charge in [0.25, 0.3) is 0 Å². The fraction of sp³-hybridized carbons (Fsp3) is 0.667. The normalized spacial score (nSPS) is 13.4. The third-order valence-corrected chi connectivity index (χ3v) is 1.05. The van der Waals surface area contributed by atoms with Gasteiger partial charge in [0.2, 0.25) is 6.79 Å². The largest absolute Gasteiger partial charge is 0.411 e. The zero-order chi connectivity index (χ0) is 8.69. The number of methoxy groups -OCH3 is 1. The number of hydrogen-bond donors (Lipinski definition) is 1. The first-order chi connectivity index (χ1) is 5.22. The van der Waals surface area contributed by atoms with E-state index in [0.717, 1.165) is 0 Å². The van der Waals surface area contributed by atoms with Crippen LogP contribution >= 0.6 is 0 Å². The van der Waals surface area contributed by atoms with E-state index in [0.29, 0.717) is 11.4 Å². The molecule has 0 aromatic heterocycles. The first-order valence-electron chi connectivity index (χ1n) is 3.07. The molecule has 0 atom stereocenters. The third kappa shape index (κ3) is 4.32.